The Bertz CT molecular complexity index is 837. The lowest BCUT2D eigenvalue weighted by atomic mass is 10.1. The normalized spacial score (nSPS) is 11.0. The number of nitrogens with zero attached hydrogens (tertiary/aromatic N) is 1. The van der Waals surface area contributed by atoms with Crippen LogP contribution in [0.1, 0.15) is 23.6 Å². The van der Waals surface area contributed by atoms with E-state index in [1.807, 2.05) is 31.2 Å². The first kappa shape index (κ1) is 22.1. The molecular formula is C22H30N4O3. The number of carbonyl (C=O) groups excluding carboxylic acids is 1. The van der Waals surface area contributed by atoms with Crippen LogP contribution in [0.4, 0.5) is 0 Å². The zero-order chi connectivity index (χ0) is 21.1. The Labute approximate surface area is 172 Å². The Kier molecular flexibility index (Phi) is 8.82. The lowest BCUT2D eigenvalue weighted by Gasteiger charge is -2.15. The lowest BCUT2D eigenvalue weighted by Crippen LogP contribution is -2.36. The molecular weight excluding hydrogens is 368 g/mol. The monoisotopic (exact) mass is 398 g/mol. The van der Waals surface area contributed by atoms with Gasteiger partial charge in [-0.15, -0.1) is 0 Å². The van der Waals surface area contributed by atoms with Gasteiger partial charge < -0.3 is 25.4 Å². The van der Waals surface area contributed by atoms with Crippen molar-refractivity contribution in [1.29, 1.82) is 0 Å². The van der Waals surface area contributed by atoms with Crippen LogP contribution >= 0.6 is 0 Å². The largest absolute Gasteiger partial charge is 0.493 e. The van der Waals surface area contributed by atoms with Crippen LogP contribution in [0.2, 0.25) is 0 Å². The highest BCUT2D eigenvalue weighted by molar-refractivity contribution is 5.79. The van der Waals surface area contributed by atoms with E-state index >= 15 is 0 Å². The summed E-state index contributed by atoms with van der Waals surface area (Å²) >= 11 is 0. The maximum Gasteiger partial charge on any atom is 0.257 e. The highest BCUT2D eigenvalue weighted by Crippen LogP contribution is 2.28. The molecule has 0 spiro atoms. The number of likely N-dealkylation sites (N-methyl/N-ethyl adjacent to an activating group) is 1. The van der Waals surface area contributed by atoms with E-state index in [1.165, 1.54) is 11.1 Å². The van der Waals surface area contributed by atoms with Gasteiger partial charge >= 0.3 is 0 Å². The fourth-order valence-electron chi connectivity index (χ4n) is 2.73. The number of hydrogen-bond acceptors (Lipinski definition) is 4. The highest BCUT2D eigenvalue weighted by atomic mass is 16.5. The molecule has 0 bridgehead atoms. The van der Waals surface area contributed by atoms with E-state index in [0.29, 0.717) is 37.1 Å². The van der Waals surface area contributed by atoms with Crippen molar-refractivity contribution in [2.24, 2.45) is 4.99 Å². The topological polar surface area (TPSA) is 84.0 Å². The number of aliphatic imine (C=N–C) groups is 1. The Balaban J connectivity index is 1.91. The van der Waals surface area contributed by atoms with Crippen molar-refractivity contribution >= 4 is 11.9 Å². The standard InChI is InChI=1S/C22H30N4O3/c1-5-24-21(27)15-29-19-11-10-17(12-20(19)28-4)13-25-22(23-3)26-14-18-9-7-6-8-16(18)2/h6-12H,5,13-15H2,1-4H3,(H,24,27)(H2,23,25,26). The molecule has 0 saturated carbocycles. The molecule has 0 aliphatic carbocycles. The van der Waals surface area contributed by atoms with Gasteiger partial charge in [0.05, 0.1) is 7.11 Å². The molecule has 0 saturated heterocycles. The van der Waals surface area contributed by atoms with Crippen molar-refractivity contribution in [2.45, 2.75) is 26.9 Å². The maximum absolute atomic E-state index is 11.6. The Morgan fingerprint density at radius 2 is 1.79 bits per heavy atom. The lowest BCUT2D eigenvalue weighted by molar-refractivity contribution is -0.123. The molecule has 0 aliphatic rings. The molecule has 0 atom stereocenters. The third-order valence-corrected chi connectivity index (χ3v) is 4.35. The zero-order valence-corrected chi connectivity index (χ0v) is 17.5. The molecule has 29 heavy (non-hydrogen) atoms. The minimum absolute atomic E-state index is 0.0444. The molecule has 1 amide bonds. The molecule has 0 aromatic heterocycles. The zero-order valence-electron chi connectivity index (χ0n) is 17.5. The quantitative estimate of drug-likeness (QED) is 0.446. The van der Waals surface area contributed by atoms with E-state index in [1.54, 1.807) is 20.2 Å². The summed E-state index contributed by atoms with van der Waals surface area (Å²) in [7, 11) is 3.32. The molecule has 0 radical (unpaired) electrons. The maximum atomic E-state index is 11.6. The Hall–Kier alpha value is -3.22. The Morgan fingerprint density at radius 3 is 2.48 bits per heavy atom. The van der Waals surface area contributed by atoms with Crippen molar-refractivity contribution in [3.05, 3.63) is 59.2 Å². The van der Waals surface area contributed by atoms with E-state index in [2.05, 4.69) is 40.0 Å². The van der Waals surface area contributed by atoms with Crippen molar-refractivity contribution in [3.8, 4) is 11.5 Å². The Morgan fingerprint density at radius 1 is 1.03 bits per heavy atom. The van der Waals surface area contributed by atoms with Crippen molar-refractivity contribution < 1.29 is 14.3 Å². The number of nitrogens with one attached hydrogen (secondary N) is 3. The van der Waals surface area contributed by atoms with Crippen LogP contribution in [0.5, 0.6) is 11.5 Å². The van der Waals surface area contributed by atoms with Gasteiger partial charge in [0.1, 0.15) is 0 Å². The molecule has 0 fully saturated rings. The SMILES string of the molecule is CCNC(=O)COc1ccc(CNC(=NC)NCc2ccccc2C)cc1OC. The summed E-state index contributed by atoms with van der Waals surface area (Å²) < 4.78 is 10.9. The molecule has 2 aromatic carbocycles. The summed E-state index contributed by atoms with van der Waals surface area (Å²) in [6.07, 6.45) is 0. The van der Waals surface area contributed by atoms with E-state index in [-0.39, 0.29) is 12.5 Å². The van der Waals surface area contributed by atoms with Crippen LogP contribution in [-0.4, -0.2) is 39.2 Å². The number of hydrogen-bond donors (Lipinski definition) is 3. The number of carbonyl (C=O) groups is 1. The predicted molar refractivity (Wildman–Crippen MR) is 115 cm³/mol. The summed E-state index contributed by atoms with van der Waals surface area (Å²) in [6.45, 7) is 5.75. The average Bonchev–Trinajstić information content (AvgIpc) is 2.74. The third kappa shape index (κ3) is 7.03. The van der Waals surface area contributed by atoms with Crippen molar-refractivity contribution in [1.82, 2.24) is 16.0 Å². The van der Waals surface area contributed by atoms with Gasteiger partial charge in [-0.05, 0) is 42.7 Å². The summed E-state index contributed by atoms with van der Waals surface area (Å²) in [5.74, 6) is 1.66. The van der Waals surface area contributed by atoms with Crippen LogP contribution < -0.4 is 25.4 Å². The predicted octanol–water partition coefficient (Wildman–Crippen LogP) is 2.38. The summed E-state index contributed by atoms with van der Waals surface area (Å²) in [6, 6.07) is 13.9. The van der Waals surface area contributed by atoms with Gasteiger partial charge in [0.15, 0.2) is 24.1 Å². The summed E-state index contributed by atoms with van der Waals surface area (Å²) in [5.41, 5.74) is 3.47. The summed E-state index contributed by atoms with van der Waals surface area (Å²) in [5, 5.41) is 9.31. The highest BCUT2D eigenvalue weighted by Gasteiger charge is 2.09. The van der Waals surface area contributed by atoms with Gasteiger partial charge in [0.25, 0.3) is 5.91 Å². The number of methoxy groups -OCH3 is 1. The molecule has 0 heterocycles. The van der Waals surface area contributed by atoms with E-state index in [0.717, 1.165) is 5.56 Å². The van der Waals surface area contributed by atoms with Gasteiger partial charge in [-0.2, -0.15) is 0 Å². The first-order valence-corrected chi connectivity index (χ1v) is 9.62. The molecule has 0 aliphatic heterocycles. The molecule has 156 valence electrons. The molecule has 3 N–H and O–H groups in total. The molecule has 7 heteroatoms. The minimum atomic E-state index is -0.163. The van der Waals surface area contributed by atoms with Gasteiger partial charge in [-0.3, -0.25) is 9.79 Å². The molecule has 2 aromatic rings. The summed E-state index contributed by atoms with van der Waals surface area (Å²) in [4.78, 5) is 15.8. The van der Waals surface area contributed by atoms with Crippen LogP contribution in [0.15, 0.2) is 47.5 Å². The number of benzene rings is 2. The molecule has 2 rings (SSSR count). The van der Waals surface area contributed by atoms with E-state index in [4.69, 9.17) is 9.47 Å². The number of ether oxygens (including phenoxy) is 2. The number of guanidine groups is 1. The third-order valence-electron chi connectivity index (χ3n) is 4.35. The van der Waals surface area contributed by atoms with Gasteiger partial charge in [-0.25, -0.2) is 0 Å². The fourth-order valence-corrected chi connectivity index (χ4v) is 2.73. The second-order valence-corrected chi connectivity index (χ2v) is 6.43. The van der Waals surface area contributed by atoms with Crippen molar-refractivity contribution in [3.63, 3.8) is 0 Å². The molecule has 7 nitrogen and oxygen atoms in total. The van der Waals surface area contributed by atoms with Crippen LogP contribution in [-0.2, 0) is 17.9 Å². The van der Waals surface area contributed by atoms with Crippen LogP contribution in [0.25, 0.3) is 0 Å². The first-order valence-electron chi connectivity index (χ1n) is 9.62. The second-order valence-electron chi connectivity index (χ2n) is 6.43. The van der Waals surface area contributed by atoms with Gasteiger partial charge in [0.2, 0.25) is 0 Å². The van der Waals surface area contributed by atoms with Gasteiger partial charge in [-0.1, -0.05) is 30.3 Å². The smallest absolute Gasteiger partial charge is 0.257 e. The second kappa shape index (κ2) is 11.6. The van der Waals surface area contributed by atoms with Crippen LogP contribution in [0.3, 0.4) is 0 Å². The number of amides is 1. The number of aryl methyl sites for hydroxylation is 1. The minimum Gasteiger partial charge on any atom is -0.493 e. The number of rotatable bonds is 9. The van der Waals surface area contributed by atoms with E-state index in [9.17, 15) is 4.79 Å². The fraction of sp³-hybridized carbons (Fsp3) is 0.364. The van der Waals surface area contributed by atoms with Crippen molar-refractivity contribution in [2.75, 3.05) is 27.3 Å². The average molecular weight is 399 g/mol. The van der Waals surface area contributed by atoms with Crippen LogP contribution in [0, 0.1) is 6.92 Å². The van der Waals surface area contributed by atoms with E-state index < -0.39 is 0 Å². The molecule has 0 unspecified atom stereocenters. The first-order chi connectivity index (χ1) is 14.1. The van der Waals surface area contributed by atoms with Gasteiger partial charge in [0, 0.05) is 26.7 Å².